The number of rotatable bonds is 4. The first-order chi connectivity index (χ1) is 10.7. The molecule has 2 aromatic carbocycles. The van der Waals surface area contributed by atoms with Gasteiger partial charge in [0.05, 0.1) is 0 Å². The van der Waals surface area contributed by atoms with Gasteiger partial charge in [-0.15, -0.1) is 0 Å². The molecule has 0 aliphatic carbocycles. The number of nitrogens with one attached hydrogen (secondary N) is 1. The lowest BCUT2D eigenvalue weighted by atomic mass is 10.0. The molecule has 0 saturated carbocycles. The summed E-state index contributed by atoms with van der Waals surface area (Å²) in [4.78, 5) is 16.8. The van der Waals surface area contributed by atoms with Crippen LogP contribution in [0.25, 0.3) is 0 Å². The highest BCUT2D eigenvalue weighted by atomic mass is 16.1. The minimum absolute atomic E-state index is 0.00291. The molecular formula is C19H16N2O. The van der Waals surface area contributed by atoms with Crippen molar-refractivity contribution < 1.29 is 4.79 Å². The number of carbonyl (C=O) groups excluding carboxylic acids is 1. The fourth-order valence-electron chi connectivity index (χ4n) is 2.28. The minimum Gasteiger partial charge on any atom is -0.340 e. The average Bonchev–Trinajstić information content (AvgIpc) is 2.56. The van der Waals surface area contributed by atoms with E-state index in [-0.39, 0.29) is 5.78 Å². The molecule has 1 aromatic heterocycles. The van der Waals surface area contributed by atoms with Crippen LogP contribution in [0.3, 0.4) is 0 Å². The first kappa shape index (κ1) is 14.0. The fraction of sp³-hybridized carbons (Fsp3) is 0.0526. The number of pyridine rings is 1. The number of carbonyl (C=O) groups is 1. The van der Waals surface area contributed by atoms with Crippen LogP contribution >= 0.6 is 0 Å². The molecule has 3 aromatic rings. The number of ketones is 1. The number of nitrogens with zero attached hydrogens (tertiary/aromatic N) is 1. The summed E-state index contributed by atoms with van der Waals surface area (Å²) in [6, 6.07) is 21.0. The Morgan fingerprint density at radius 2 is 1.59 bits per heavy atom. The Morgan fingerprint density at radius 3 is 2.23 bits per heavy atom. The van der Waals surface area contributed by atoms with Crippen molar-refractivity contribution in [1.82, 2.24) is 4.98 Å². The molecular weight excluding hydrogens is 272 g/mol. The van der Waals surface area contributed by atoms with Crippen molar-refractivity contribution in [2.24, 2.45) is 0 Å². The maximum Gasteiger partial charge on any atom is 0.194 e. The molecule has 1 N–H and O–H groups in total. The van der Waals surface area contributed by atoms with Crippen molar-refractivity contribution in [3.8, 4) is 0 Å². The Bertz CT molecular complexity index is 783. The van der Waals surface area contributed by atoms with Crippen LogP contribution in [-0.2, 0) is 0 Å². The lowest BCUT2D eigenvalue weighted by Crippen LogP contribution is -2.05. The van der Waals surface area contributed by atoms with Crippen LogP contribution in [0.5, 0.6) is 0 Å². The van der Waals surface area contributed by atoms with Gasteiger partial charge >= 0.3 is 0 Å². The molecule has 0 bridgehead atoms. The Kier molecular flexibility index (Phi) is 3.97. The van der Waals surface area contributed by atoms with E-state index in [9.17, 15) is 4.79 Å². The number of benzene rings is 2. The topological polar surface area (TPSA) is 42.0 Å². The van der Waals surface area contributed by atoms with Gasteiger partial charge in [0.2, 0.25) is 0 Å². The van der Waals surface area contributed by atoms with Gasteiger partial charge in [-0.1, -0.05) is 48.5 Å². The lowest BCUT2D eigenvalue weighted by molar-refractivity contribution is 0.103. The Balaban J connectivity index is 1.85. The standard InChI is InChI=1S/C19H16N2O/c1-14-12-18(21-16-10-6-3-7-11-16)20-13-17(14)19(22)15-8-4-2-5-9-15/h2-13H,1H3,(H,20,21). The molecule has 3 rings (SSSR count). The fourth-order valence-corrected chi connectivity index (χ4v) is 2.28. The number of hydrogen-bond acceptors (Lipinski definition) is 3. The molecule has 0 aliphatic rings. The zero-order valence-corrected chi connectivity index (χ0v) is 12.3. The third-order valence-electron chi connectivity index (χ3n) is 3.44. The Morgan fingerprint density at radius 1 is 0.955 bits per heavy atom. The van der Waals surface area contributed by atoms with Gasteiger partial charge in [-0.25, -0.2) is 4.98 Å². The van der Waals surface area contributed by atoms with Gasteiger partial charge in [0, 0.05) is 23.0 Å². The summed E-state index contributed by atoms with van der Waals surface area (Å²) in [6.45, 7) is 1.92. The highest BCUT2D eigenvalue weighted by Crippen LogP contribution is 2.19. The van der Waals surface area contributed by atoms with Crippen LogP contribution in [0.4, 0.5) is 11.5 Å². The molecule has 0 fully saturated rings. The third kappa shape index (κ3) is 3.04. The summed E-state index contributed by atoms with van der Waals surface area (Å²) >= 11 is 0. The summed E-state index contributed by atoms with van der Waals surface area (Å²) in [5.41, 5.74) is 3.18. The van der Waals surface area contributed by atoms with E-state index in [0.29, 0.717) is 11.1 Å². The van der Waals surface area contributed by atoms with Crippen LogP contribution in [-0.4, -0.2) is 10.8 Å². The monoisotopic (exact) mass is 288 g/mol. The van der Waals surface area contributed by atoms with E-state index in [1.54, 1.807) is 6.20 Å². The molecule has 3 nitrogen and oxygen atoms in total. The largest absolute Gasteiger partial charge is 0.340 e. The van der Waals surface area contributed by atoms with Crippen molar-refractivity contribution in [2.45, 2.75) is 6.92 Å². The molecule has 1 heterocycles. The van der Waals surface area contributed by atoms with Crippen molar-refractivity contribution in [1.29, 1.82) is 0 Å². The van der Waals surface area contributed by atoms with E-state index in [4.69, 9.17) is 0 Å². The average molecular weight is 288 g/mol. The summed E-state index contributed by atoms with van der Waals surface area (Å²) in [6.07, 6.45) is 1.63. The van der Waals surface area contributed by atoms with Gasteiger partial charge < -0.3 is 5.32 Å². The van der Waals surface area contributed by atoms with Gasteiger partial charge in [0.15, 0.2) is 5.78 Å². The molecule has 0 saturated heterocycles. The second-order valence-electron chi connectivity index (χ2n) is 5.07. The summed E-state index contributed by atoms with van der Waals surface area (Å²) in [7, 11) is 0. The van der Waals surface area contributed by atoms with Crippen molar-refractivity contribution in [2.75, 3.05) is 5.32 Å². The van der Waals surface area contributed by atoms with E-state index in [0.717, 1.165) is 17.1 Å². The second-order valence-corrected chi connectivity index (χ2v) is 5.07. The van der Waals surface area contributed by atoms with E-state index >= 15 is 0 Å². The molecule has 0 unspecified atom stereocenters. The summed E-state index contributed by atoms with van der Waals surface area (Å²) in [5.74, 6) is 0.727. The molecule has 0 spiro atoms. The zero-order valence-electron chi connectivity index (χ0n) is 12.3. The van der Waals surface area contributed by atoms with E-state index in [1.807, 2.05) is 73.7 Å². The third-order valence-corrected chi connectivity index (χ3v) is 3.44. The van der Waals surface area contributed by atoms with Crippen molar-refractivity contribution in [3.05, 3.63) is 89.6 Å². The highest BCUT2D eigenvalue weighted by Gasteiger charge is 2.12. The normalized spacial score (nSPS) is 10.2. The second kappa shape index (κ2) is 6.22. The predicted octanol–water partition coefficient (Wildman–Crippen LogP) is 4.36. The van der Waals surface area contributed by atoms with E-state index < -0.39 is 0 Å². The molecule has 108 valence electrons. The molecule has 3 heteroatoms. The number of hydrogen-bond donors (Lipinski definition) is 1. The van der Waals surface area contributed by atoms with Gasteiger partial charge in [0.1, 0.15) is 5.82 Å². The van der Waals surface area contributed by atoms with Crippen LogP contribution < -0.4 is 5.32 Å². The number of aryl methyl sites for hydroxylation is 1. The van der Waals surface area contributed by atoms with E-state index in [2.05, 4.69) is 10.3 Å². The van der Waals surface area contributed by atoms with Gasteiger partial charge in [-0.05, 0) is 30.7 Å². The summed E-state index contributed by atoms with van der Waals surface area (Å²) in [5, 5.41) is 3.23. The summed E-state index contributed by atoms with van der Waals surface area (Å²) < 4.78 is 0. The van der Waals surface area contributed by atoms with Gasteiger partial charge in [-0.2, -0.15) is 0 Å². The number of para-hydroxylation sites is 1. The van der Waals surface area contributed by atoms with Crippen LogP contribution in [0.1, 0.15) is 21.5 Å². The number of anilines is 2. The Hall–Kier alpha value is -2.94. The van der Waals surface area contributed by atoms with Gasteiger partial charge in [-0.3, -0.25) is 4.79 Å². The maximum atomic E-state index is 12.5. The van der Waals surface area contributed by atoms with Crippen molar-refractivity contribution in [3.63, 3.8) is 0 Å². The zero-order chi connectivity index (χ0) is 15.4. The maximum absolute atomic E-state index is 12.5. The molecule has 22 heavy (non-hydrogen) atoms. The van der Waals surface area contributed by atoms with Crippen LogP contribution in [0, 0.1) is 6.92 Å². The molecule has 0 radical (unpaired) electrons. The van der Waals surface area contributed by atoms with E-state index in [1.165, 1.54) is 0 Å². The molecule has 0 aliphatic heterocycles. The first-order valence-corrected chi connectivity index (χ1v) is 7.12. The smallest absolute Gasteiger partial charge is 0.194 e. The molecule has 0 atom stereocenters. The highest BCUT2D eigenvalue weighted by molar-refractivity contribution is 6.09. The first-order valence-electron chi connectivity index (χ1n) is 7.12. The Labute approximate surface area is 129 Å². The van der Waals surface area contributed by atoms with Crippen LogP contribution in [0.15, 0.2) is 72.9 Å². The van der Waals surface area contributed by atoms with Crippen molar-refractivity contribution >= 4 is 17.3 Å². The predicted molar refractivity (Wildman–Crippen MR) is 88.6 cm³/mol. The van der Waals surface area contributed by atoms with Crippen LogP contribution in [0.2, 0.25) is 0 Å². The minimum atomic E-state index is -0.00291. The SMILES string of the molecule is Cc1cc(Nc2ccccc2)ncc1C(=O)c1ccccc1. The lowest BCUT2D eigenvalue weighted by Gasteiger charge is -2.09. The quantitative estimate of drug-likeness (QED) is 0.725. The molecule has 0 amide bonds. The van der Waals surface area contributed by atoms with Gasteiger partial charge in [0.25, 0.3) is 0 Å². The number of aromatic nitrogens is 1.